The Bertz CT molecular complexity index is 971. The van der Waals surface area contributed by atoms with E-state index in [1.807, 2.05) is 29.2 Å². The Morgan fingerprint density at radius 1 is 1.13 bits per heavy atom. The number of carbonyl (C=O) groups excluding carboxylic acids is 2. The van der Waals surface area contributed by atoms with Crippen molar-refractivity contribution in [3.63, 3.8) is 0 Å². The molecule has 0 N–H and O–H groups in total. The third-order valence-electron chi connectivity index (χ3n) is 6.38. The summed E-state index contributed by atoms with van der Waals surface area (Å²) in [5, 5.41) is 8.90. The van der Waals surface area contributed by atoms with Crippen LogP contribution in [0.3, 0.4) is 0 Å². The highest BCUT2D eigenvalue weighted by Gasteiger charge is 2.38. The first kappa shape index (κ1) is 19.1. The fourth-order valence-corrected chi connectivity index (χ4v) is 4.84. The summed E-state index contributed by atoms with van der Waals surface area (Å²) in [7, 11) is 0. The Kier molecular flexibility index (Phi) is 4.92. The molecule has 1 aromatic carbocycles. The average molecular weight is 409 g/mol. The van der Waals surface area contributed by atoms with Crippen molar-refractivity contribution >= 4 is 17.5 Å². The molecule has 0 radical (unpaired) electrons. The summed E-state index contributed by atoms with van der Waals surface area (Å²) < 4.78 is 7.92. The van der Waals surface area contributed by atoms with Crippen molar-refractivity contribution < 1.29 is 14.3 Å². The monoisotopic (exact) mass is 409 g/mol. The number of anilines is 1. The van der Waals surface area contributed by atoms with Gasteiger partial charge in [0.05, 0.1) is 11.7 Å². The zero-order valence-corrected chi connectivity index (χ0v) is 17.3. The minimum Gasteiger partial charge on any atom is -0.479 e. The van der Waals surface area contributed by atoms with Gasteiger partial charge >= 0.3 is 0 Å². The van der Waals surface area contributed by atoms with Crippen molar-refractivity contribution in [1.29, 1.82) is 0 Å². The van der Waals surface area contributed by atoms with Crippen LogP contribution in [-0.2, 0) is 22.6 Å². The second-order valence-electron chi connectivity index (χ2n) is 8.33. The highest BCUT2D eigenvalue weighted by Crippen LogP contribution is 2.36. The number of rotatable bonds is 3. The maximum Gasteiger partial charge on any atom is 0.268 e. The van der Waals surface area contributed by atoms with Crippen LogP contribution in [0.15, 0.2) is 24.3 Å². The van der Waals surface area contributed by atoms with E-state index in [4.69, 9.17) is 4.74 Å². The Morgan fingerprint density at radius 3 is 2.90 bits per heavy atom. The van der Waals surface area contributed by atoms with Gasteiger partial charge in [0.25, 0.3) is 5.91 Å². The first-order chi connectivity index (χ1) is 14.6. The van der Waals surface area contributed by atoms with Crippen LogP contribution in [0.5, 0.6) is 5.75 Å². The van der Waals surface area contributed by atoms with E-state index in [9.17, 15) is 9.59 Å². The SMILES string of the molecule is C[C@H]1Oc2ccccc2N(CC(=O)N2CCC[C@@H]2c2nnc3n2CCCCC3)C1=O. The molecule has 0 saturated carbocycles. The van der Waals surface area contributed by atoms with Gasteiger partial charge in [-0.15, -0.1) is 10.2 Å². The van der Waals surface area contributed by atoms with E-state index in [0.29, 0.717) is 18.0 Å². The molecule has 8 heteroatoms. The van der Waals surface area contributed by atoms with Crippen LogP contribution in [0.25, 0.3) is 0 Å². The van der Waals surface area contributed by atoms with Crippen molar-refractivity contribution in [2.24, 2.45) is 0 Å². The van der Waals surface area contributed by atoms with E-state index in [2.05, 4.69) is 14.8 Å². The summed E-state index contributed by atoms with van der Waals surface area (Å²) in [5.41, 5.74) is 0.654. The Balaban J connectivity index is 1.39. The molecule has 8 nitrogen and oxygen atoms in total. The molecule has 0 spiro atoms. The normalized spacial score (nSPS) is 23.6. The molecule has 3 aliphatic rings. The lowest BCUT2D eigenvalue weighted by Crippen LogP contribution is -2.49. The summed E-state index contributed by atoms with van der Waals surface area (Å²) in [4.78, 5) is 29.6. The van der Waals surface area contributed by atoms with E-state index in [1.54, 1.807) is 11.8 Å². The maximum absolute atomic E-state index is 13.4. The Hall–Kier alpha value is -2.90. The Morgan fingerprint density at radius 2 is 2.00 bits per heavy atom. The molecule has 158 valence electrons. The zero-order chi connectivity index (χ0) is 20.7. The van der Waals surface area contributed by atoms with Gasteiger partial charge in [0.2, 0.25) is 5.91 Å². The maximum atomic E-state index is 13.4. The molecule has 1 fully saturated rings. The molecule has 30 heavy (non-hydrogen) atoms. The highest BCUT2D eigenvalue weighted by molar-refractivity contribution is 6.03. The molecule has 5 rings (SSSR count). The summed E-state index contributed by atoms with van der Waals surface area (Å²) in [5.74, 6) is 2.33. The van der Waals surface area contributed by atoms with Gasteiger partial charge in [-0.1, -0.05) is 18.6 Å². The quantitative estimate of drug-likeness (QED) is 0.778. The van der Waals surface area contributed by atoms with Gasteiger partial charge in [0, 0.05) is 19.5 Å². The molecule has 1 saturated heterocycles. The van der Waals surface area contributed by atoms with Crippen LogP contribution in [0.2, 0.25) is 0 Å². The number of aromatic nitrogens is 3. The van der Waals surface area contributed by atoms with Crippen LogP contribution in [0.1, 0.15) is 56.7 Å². The minimum atomic E-state index is -0.602. The molecule has 2 atom stereocenters. The summed E-state index contributed by atoms with van der Waals surface area (Å²) >= 11 is 0. The van der Waals surface area contributed by atoms with Gasteiger partial charge in [-0.2, -0.15) is 0 Å². The molecule has 4 heterocycles. The predicted octanol–water partition coefficient (Wildman–Crippen LogP) is 2.48. The van der Waals surface area contributed by atoms with Crippen LogP contribution >= 0.6 is 0 Å². The zero-order valence-electron chi connectivity index (χ0n) is 17.3. The third kappa shape index (κ3) is 3.24. The van der Waals surface area contributed by atoms with Gasteiger partial charge in [-0.05, 0) is 44.7 Å². The summed E-state index contributed by atoms with van der Waals surface area (Å²) in [6.07, 6.45) is 5.63. The van der Waals surface area contributed by atoms with Crippen molar-refractivity contribution in [2.75, 3.05) is 18.0 Å². The van der Waals surface area contributed by atoms with Gasteiger partial charge in [-0.25, -0.2) is 0 Å². The highest BCUT2D eigenvalue weighted by atomic mass is 16.5. The fourth-order valence-electron chi connectivity index (χ4n) is 4.84. The molecule has 3 aliphatic heterocycles. The first-order valence-corrected chi connectivity index (χ1v) is 10.9. The lowest BCUT2D eigenvalue weighted by atomic mass is 10.1. The molecule has 0 bridgehead atoms. The lowest BCUT2D eigenvalue weighted by molar-refractivity contribution is -0.134. The number of likely N-dealkylation sites (tertiary alicyclic amines) is 1. The van der Waals surface area contributed by atoms with Crippen molar-refractivity contribution in [3.05, 3.63) is 35.9 Å². The van der Waals surface area contributed by atoms with E-state index in [-0.39, 0.29) is 24.4 Å². The number of benzene rings is 1. The molecular weight excluding hydrogens is 382 g/mol. The predicted molar refractivity (Wildman–Crippen MR) is 110 cm³/mol. The van der Waals surface area contributed by atoms with Crippen molar-refractivity contribution in [3.8, 4) is 5.75 Å². The summed E-state index contributed by atoms with van der Waals surface area (Å²) in [6.45, 7) is 3.34. The van der Waals surface area contributed by atoms with Crippen LogP contribution in [0, 0.1) is 0 Å². The van der Waals surface area contributed by atoms with Crippen molar-refractivity contribution in [2.45, 2.75) is 64.1 Å². The number of aryl methyl sites for hydroxylation is 1. The number of hydrogen-bond acceptors (Lipinski definition) is 5. The third-order valence-corrected chi connectivity index (χ3v) is 6.38. The number of para-hydroxylation sites is 2. The number of hydrogen-bond donors (Lipinski definition) is 0. The van der Waals surface area contributed by atoms with Gasteiger partial charge < -0.3 is 14.2 Å². The molecular formula is C22H27N5O3. The standard InChI is InChI=1S/C22H27N5O3/c1-15-22(29)27(16-8-4-5-10-18(16)30-15)14-20(28)25-13-7-9-17(25)21-24-23-19-11-3-2-6-12-26(19)21/h4-5,8,10,15,17H,2-3,6-7,9,11-14H2,1H3/t15-,17-/m1/s1. The first-order valence-electron chi connectivity index (χ1n) is 10.9. The fraction of sp³-hybridized carbons (Fsp3) is 0.545. The van der Waals surface area contributed by atoms with Gasteiger partial charge in [0.15, 0.2) is 11.9 Å². The molecule has 2 aromatic rings. The number of ether oxygens (including phenoxy) is 1. The minimum absolute atomic E-state index is 0.0149. The van der Waals surface area contributed by atoms with E-state index in [0.717, 1.165) is 50.3 Å². The van der Waals surface area contributed by atoms with Gasteiger partial charge in [-0.3, -0.25) is 14.5 Å². The Labute approximate surface area is 175 Å². The molecule has 2 amide bonds. The number of carbonyl (C=O) groups is 2. The molecule has 1 aromatic heterocycles. The lowest BCUT2D eigenvalue weighted by Gasteiger charge is -2.34. The molecule has 0 aliphatic carbocycles. The number of amides is 2. The van der Waals surface area contributed by atoms with E-state index in [1.165, 1.54) is 6.42 Å². The topological polar surface area (TPSA) is 80.6 Å². The van der Waals surface area contributed by atoms with Crippen LogP contribution < -0.4 is 9.64 Å². The number of fused-ring (bicyclic) bond motifs is 2. The second kappa shape index (κ2) is 7.74. The molecule has 0 unspecified atom stereocenters. The van der Waals surface area contributed by atoms with E-state index >= 15 is 0 Å². The van der Waals surface area contributed by atoms with Crippen LogP contribution in [-0.4, -0.2) is 50.7 Å². The smallest absolute Gasteiger partial charge is 0.268 e. The largest absolute Gasteiger partial charge is 0.479 e. The summed E-state index contributed by atoms with van der Waals surface area (Å²) in [6, 6.07) is 7.31. The second-order valence-corrected chi connectivity index (χ2v) is 8.33. The van der Waals surface area contributed by atoms with E-state index < -0.39 is 6.10 Å². The number of nitrogens with zero attached hydrogens (tertiary/aromatic N) is 5. The average Bonchev–Trinajstić information content (AvgIpc) is 3.32. The van der Waals surface area contributed by atoms with Crippen LogP contribution in [0.4, 0.5) is 5.69 Å². The van der Waals surface area contributed by atoms with Crippen molar-refractivity contribution in [1.82, 2.24) is 19.7 Å². The van der Waals surface area contributed by atoms with Gasteiger partial charge in [0.1, 0.15) is 18.1 Å².